The predicted octanol–water partition coefficient (Wildman–Crippen LogP) is 2.17. The molecule has 1 N–H and O–H groups in total. The second kappa shape index (κ2) is 9.69. The first-order chi connectivity index (χ1) is 13.9. The predicted molar refractivity (Wildman–Crippen MR) is 117 cm³/mol. The van der Waals surface area contributed by atoms with Crippen LogP contribution in [-0.4, -0.2) is 39.2 Å². The molecule has 3 heterocycles. The van der Waals surface area contributed by atoms with Gasteiger partial charge in [0, 0.05) is 32.6 Å². The highest BCUT2D eigenvalue weighted by Gasteiger charge is 2.09. The Kier molecular flexibility index (Phi) is 7.75. The van der Waals surface area contributed by atoms with E-state index in [2.05, 4.69) is 36.4 Å². The average molecular weight is 538 g/mol. The molecule has 160 valence electrons. The van der Waals surface area contributed by atoms with Gasteiger partial charge in [-0.2, -0.15) is 10.2 Å². The van der Waals surface area contributed by atoms with Gasteiger partial charge in [0.1, 0.15) is 11.5 Å². The monoisotopic (exact) mass is 536 g/mol. The fourth-order valence-corrected chi connectivity index (χ4v) is 3.62. The molecule has 30 heavy (non-hydrogen) atoms. The third kappa shape index (κ3) is 6.36. The van der Waals surface area contributed by atoms with Gasteiger partial charge in [-0.25, -0.2) is 22.8 Å². The van der Waals surface area contributed by atoms with E-state index in [1.807, 2.05) is 0 Å². The fraction of sp³-hybridized carbons (Fsp3) is 0.188. The molecule has 0 amide bonds. The van der Waals surface area contributed by atoms with E-state index < -0.39 is 9.84 Å². The van der Waals surface area contributed by atoms with E-state index in [0.717, 1.165) is 10.9 Å². The van der Waals surface area contributed by atoms with Crippen LogP contribution < -0.4 is 16.4 Å². The van der Waals surface area contributed by atoms with Gasteiger partial charge in [0.15, 0.2) is 20.1 Å². The number of aromatic nitrogens is 5. The van der Waals surface area contributed by atoms with Crippen molar-refractivity contribution in [2.45, 2.75) is 4.90 Å². The summed E-state index contributed by atoms with van der Waals surface area (Å²) in [7, 11) is -0.289. The number of halogens is 3. The lowest BCUT2D eigenvalue weighted by atomic mass is 10.4. The first kappa shape index (κ1) is 24.0. The van der Waals surface area contributed by atoms with Gasteiger partial charge in [-0.05, 0) is 34.1 Å². The first-order valence-electron chi connectivity index (χ1n) is 7.95. The summed E-state index contributed by atoms with van der Waals surface area (Å²) in [6.45, 7) is 0. The summed E-state index contributed by atoms with van der Waals surface area (Å²) in [6.07, 6.45) is 2.31. The molecular formula is C16H15BrCl2N6O4S. The maximum absolute atomic E-state index is 11.8. The van der Waals surface area contributed by atoms with Crippen LogP contribution in [0.2, 0.25) is 10.3 Å². The number of anilines is 2. The summed E-state index contributed by atoms with van der Waals surface area (Å²) in [4.78, 5) is 26.8. The molecule has 0 bridgehead atoms. The second-order valence-corrected chi connectivity index (χ2v) is 9.47. The van der Waals surface area contributed by atoms with Crippen LogP contribution in [0.25, 0.3) is 0 Å². The van der Waals surface area contributed by atoms with Crippen molar-refractivity contribution in [1.29, 1.82) is 0 Å². The Hall–Kier alpha value is -2.28. The Morgan fingerprint density at radius 3 is 2.07 bits per heavy atom. The Balaban J connectivity index is 0.000000269. The van der Waals surface area contributed by atoms with Crippen LogP contribution in [0, 0.1) is 0 Å². The van der Waals surface area contributed by atoms with Crippen LogP contribution in [0.15, 0.2) is 49.4 Å². The van der Waals surface area contributed by atoms with E-state index in [4.69, 9.17) is 23.2 Å². The molecule has 3 aromatic heterocycles. The van der Waals surface area contributed by atoms with Crippen LogP contribution >= 0.6 is 39.1 Å². The topological polar surface area (TPSA) is 129 Å². The van der Waals surface area contributed by atoms with Gasteiger partial charge in [0.05, 0.1) is 9.37 Å². The minimum Gasteiger partial charge on any atom is -0.336 e. The standard InChI is InChI=1S/C11H11ClN4O3S.C5H4BrClN2O/c1-16-11(17)8(5-9(12)15-16)14-10-4-3-7(6-13-10)20(2,18)19;1-9-5(10)3(6)2-4(7)8-9/h3-6H,1-2H3,(H,13,14);2H,1H3. The lowest BCUT2D eigenvalue weighted by molar-refractivity contribution is 0.601. The van der Waals surface area contributed by atoms with Crippen LogP contribution in [0.3, 0.4) is 0 Å². The van der Waals surface area contributed by atoms with Crippen molar-refractivity contribution in [2.24, 2.45) is 14.1 Å². The number of aryl methyl sites for hydroxylation is 2. The molecule has 0 aromatic carbocycles. The first-order valence-corrected chi connectivity index (χ1v) is 11.4. The highest BCUT2D eigenvalue weighted by Crippen LogP contribution is 2.15. The molecular weight excluding hydrogens is 523 g/mol. The lowest BCUT2D eigenvalue weighted by Gasteiger charge is -2.07. The smallest absolute Gasteiger partial charge is 0.290 e. The van der Waals surface area contributed by atoms with E-state index in [1.165, 1.54) is 42.2 Å². The van der Waals surface area contributed by atoms with Gasteiger partial charge in [-0.3, -0.25) is 9.59 Å². The van der Waals surface area contributed by atoms with Crippen molar-refractivity contribution < 1.29 is 8.42 Å². The highest BCUT2D eigenvalue weighted by atomic mass is 79.9. The van der Waals surface area contributed by atoms with Gasteiger partial charge < -0.3 is 5.32 Å². The summed E-state index contributed by atoms with van der Waals surface area (Å²) in [5.41, 5.74) is -0.361. The molecule has 0 atom stereocenters. The molecule has 0 fully saturated rings. The van der Waals surface area contributed by atoms with Gasteiger partial charge in [0.25, 0.3) is 11.1 Å². The Morgan fingerprint density at radius 1 is 1.00 bits per heavy atom. The van der Waals surface area contributed by atoms with Crippen LogP contribution in [0.1, 0.15) is 0 Å². The normalized spacial score (nSPS) is 10.9. The van der Waals surface area contributed by atoms with Gasteiger partial charge in [-0.1, -0.05) is 23.2 Å². The van der Waals surface area contributed by atoms with Crippen molar-refractivity contribution in [3.63, 3.8) is 0 Å². The molecule has 10 nitrogen and oxygen atoms in total. The van der Waals surface area contributed by atoms with Crippen molar-refractivity contribution in [1.82, 2.24) is 24.5 Å². The van der Waals surface area contributed by atoms with Gasteiger partial charge in [-0.15, -0.1) is 0 Å². The zero-order valence-corrected chi connectivity index (χ0v) is 19.7. The molecule has 3 rings (SSSR count). The molecule has 0 aliphatic rings. The molecule has 0 spiro atoms. The summed E-state index contributed by atoms with van der Waals surface area (Å²) in [5.74, 6) is 0.330. The molecule has 0 unspecified atom stereocenters. The van der Waals surface area contributed by atoms with Crippen molar-refractivity contribution >= 4 is 60.5 Å². The maximum Gasteiger partial charge on any atom is 0.290 e. The van der Waals surface area contributed by atoms with Crippen LogP contribution in [-0.2, 0) is 23.9 Å². The van der Waals surface area contributed by atoms with E-state index in [0.29, 0.717) is 15.4 Å². The number of rotatable bonds is 3. The summed E-state index contributed by atoms with van der Waals surface area (Å²) in [5, 5.41) is 10.6. The van der Waals surface area contributed by atoms with Crippen molar-refractivity contribution in [2.75, 3.05) is 11.6 Å². The Bertz CT molecular complexity index is 1270. The Labute approximate surface area is 189 Å². The molecule has 14 heteroatoms. The molecule has 3 aromatic rings. The fourth-order valence-electron chi connectivity index (χ4n) is 2.01. The number of sulfone groups is 1. The molecule has 0 saturated heterocycles. The molecule has 0 radical (unpaired) electrons. The maximum atomic E-state index is 11.8. The molecule has 0 aliphatic carbocycles. The minimum atomic E-state index is -3.30. The number of hydrogen-bond donors (Lipinski definition) is 1. The van der Waals surface area contributed by atoms with E-state index >= 15 is 0 Å². The Morgan fingerprint density at radius 2 is 1.57 bits per heavy atom. The minimum absolute atomic E-state index is 0.101. The zero-order chi connectivity index (χ0) is 22.6. The summed E-state index contributed by atoms with van der Waals surface area (Å²) in [6, 6.07) is 5.70. The molecule has 0 aliphatic heterocycles. The third-order valence-electron chi connectivity index (χ3n) is 3.45. The van der Waals surface area contributed by atoms with Crippen molar-refractivity contribution in [3.8, 4) is 0 Å². The van der Waals surface area contributed by atoms with Gasteiger partial charge >= 0.3 is 0 Å². The summed E-state index contributed by atoms with van der Waals surface area (Å²) < 4.78 is 25.3. The third-order valence-corrected chi connectivity index (χ3v) is 5.49. The van der Waals surface area contributed by atoms with Crippen molar-refractivity contribution in [3.05, 3.63) is 65.9 Å². The van der Waals surface area contributed by atoms with E-state index in [1.54, 1.807) is 7.05 Å². The summed E-state index contributed by atoms with van der Waals surface area (Å²) >= 11 is 14.3. The number of nitrogens with one attached hydrogen (secondary N) is 1. The largest absolute Gasteiger partial charge is 0.336 e. The van der Waals surface area contributed by atoms with E-state index in [9.17, 15) is 18.0 Å². The number of nitrogens with zero attached hydrogens (tertiary/aromatic N) is 5. The van der Waals surface area contributed by atoms with Crippen LogP contribution in [0.4, 0.5) is 11.5 Å². The van der Waals surface area contributed by atoms with Crippen LogP contribution in [0.5, 0.6) is 0 Å². The van der Waals surface area contributed by atoms with E-state index in [-0.39, 0.29) is 26.9 Å². The highest BCUT2D eigenvalue weighted by molar-refractivity contribution is 9.10. The average Bonchev–Trinajstić information content (AvgIpc) is 2.64. The zero-order valence-electron chi connectivity index (χ0n) is 15.8. The SMILES string of the molecule is Cn1nc(Cl)cc(Br)c1=O.Cn1nc(Cl)cc(Nc2ccc(S(C)(=O)=O)cn2)c1=O. The van der Waals surface area contributed by atoms with Gasteiger partial charge in [0.2, 0.25) is 0 Å². The quantitative estimate of drug-likeness (QED) is 0.538. The molecule has 0 saturated carbocycles. The second-order valence-electron chi connectivity index (χ2n) is 5.83. The lowest BCUT2D eigenvalue weighted by Crippen LogP contribution is -2.22. The number of pyridine rings is 1. The number of hydrogen-bond acceptors (Lipinski definition) is 8.